The van der Waals surface area contributed by atoms with Crippen molar-refractivity contribution >= 4 is 51.9 Å². The number of hydrogen-bond donors (Lipinski definition) is 1. The molecule has 1 aliphatic rings. The topological polar surface area (TPSA) is 83.5 Å². The van der Waals surface area contributed by atoms with Crippen LogP contribution in [0.3, 0.4) is 0 Å². The number of benzene rings is 1. The summed E-state index contributed by atoms with van der Waals surface area (Å²) in [7, 11) is 2.11. The van der Waals surface area contributed by atoms with Gasteiger partial charge in [0.2, 0.25) is 5.95 Å². The second-order valence-electron chi connectivity index (χ2n) is 7.38. The van der Waals surface area contributed by atoms with Gasteiger partial charge in [-0.25, -0.2) is 15.0 Å². The molecule has 0 saturated carbocycles. The zero-order chi connectivity index (χ0) is 22.0. The predicted octanol–water partition coefficient (Wildman–Crippen LogP) is 3.41. The third kappa shape index (κ3) is 5.15. The average molecular weight is 461 g/mol. The van der Waals surface area contributed by atoms with Crippen LogP contribution in [0.25, 0.3) is 11.0 Å². The van der Waals surface area contributed by atoms with Crippen LogP contribution in [-0.2, 0) is 4.79 Å². The van der Waals surface area contributed by atoms with Crippen molar-refractivity contribution in [2.45, 2.75) is 6.92 Å². The van der Waals surface area contributed by atoms with Gasteiger partial charge in [0.15, 0.2) is 6.61 Å². The normalized spacial score (nSPS) is 14.6. The Morgan fingerprint density at radius 1 is 1.10 bits per heavy atom. The number of pyridine rings is 1. The number of ether oxygens (including phenoxy) is 1. The van der Waals surface area contributed by atoms with Crippen LogP contribution in [0, 0.1) is 6.92 Å². The fraction of sp³-hybridized carbons (Fsp3) is 0.333. The fourth-order valence-electron chi connectivity index (χ4n) is 3.28. The predicted molar refractivity (Wildman–Crippen MR) is 122 cm³/mol. The van der Waals surface area contributed by atoms with E-state index >= 15 is 0 Å². The van der Waals surface area contributed by atoms with Crippen LogP contribution in [-0.4, -0.2) is 65.6 Å². The van der Waals surface area contributed by atoms with Gasteiger partial charge in [-0.15, -0.1) is 0 Å². The van der Waals surface area contributed by atoms with Crippen molar-refractivity contribution in [1.29, 1.82) is 0 Å². The van der Waals surface area contributed by atoms with Gasteiger partial charge in [-0.05, 0) is 44.3 Å². The molecule has 2 aromatic heterocycles. The van der Waals surface area contributed by atoms with Gasteiger partial charge < -0.3 is 19.9 Å². The summed E-state index contributed by atoms with van der Waals surface area (Å²) in [5.74, 6) is 1.14. The molecule has 31 heavy (non-hydrogen) atoms. The highest BCUT2D eigenvalue weighted by Crippen LogP contribution is 2.27. The Kier molecular flexibility index (Phi) is 6.41. The van der Waals surface area contributed by atoms with Gasteiger partial charge in [-0.1, -0.05) is 23.2 Å². The number of rotatable bonds is 5. The van der Waals surface area contributed by atoms with Crippen molar-refractivity contribution in [3.8, 4) is 5.75 Å². The Balaban J connectivity index is 1.44. The molecule has 1 saturated heterocycles. The quantitative estimate of drug-likeness (QED) is 0.624. The summed E-state index contributed by atoms with van der Waals surface area (Å²) in [6.45, 7) is 5.42. The summed E-state index contributed by atoms with van der Waals surface area (Å²) >= 11 is 11.9. The Morgan fingerprint density at radius 3 is 2.61 bits per heavy atom. The van der Waals surface area contributed by atoms with Gasteiger partial charge in [0.1, 0.15) is 17.1 Å². The lowest BCUT2D eigenvalue weighted by Crippen LogP contribution is -2.45. The molecule has 3 aromatic rings. The summed E-state index contributed by atoms with van der Waals surface area (Å²) in [4.78, 5) is 30.6. The van der Waals surface area contributed by atoms with Gasteiger partial charge in [0.05, 0.1) is 16.2 Å². The van der Waals surface area contributed by atoms with E-state index in [9.17, 15) is 4.79 Å². The molecule has 1 aromatic carbocycles. The number of hydrogen-bond acceptors (Lipinski definition) is 7. The van der Waals surface area contributed by atoms with Crippen molar-refractivity contribution in [2.24, 2.45) is 0 Å². The molecule has 1 N–H and O–H groups in total. The van der Waals surface area contributed by atoms with Crippen molar-refractivity contribution < 1.29 is 9.53 Å². The standard InChI is InChI=1S/C21H22Cl2N6O2/c1-13-20-16(25-21(24-13)29-9-7-28(2)8-10-29)4-6-18(27-20)26-19(30)12-31-17-5-3-14(22)11-15(17)23/h3-6,11H,7-10,12H2,1-2H3,(H,26,27,30). The van der Waals surface area contributed by atoms with Crippen LogP contribution in [0.1, 0.15) is 5.69 Å². The number of amides is 1. The summed E-state index contributed by atoms with van der Waals surface area (Å²) in [6, 6.07) is 8.37. The first-order valence-corrected chi connectivity index (χ1v) is 10.6. The monoisotopic (exact) mass is 460 g/mol. The van der Waals surface area contributed by atoms with Crippen LogP contribution < -0.4 is 15.0 Å². The summed E-state index contributed by atoms with van der Waals surface area (Å²) in [5, 5.41) is 3.57. The molecule has 0 unspecified atom stereocenters. The summed E-state index contributed by atoms with van der Waals surface area (Å²) < 4.78 is 5.46. The Bertz CT molecular complexity index is 1120. The molecule has 0 atom stereocenters. The smallest absolute Gasteiger partial charge is 0.263 e. The van der Waals surface area contributed by atoms with Gasteiger partial charge in [-0.2, -0.15) is 0 Å². The highest BCUT2D eigenvalue weighted by Gasteiger charge is 2.18. The van der Waals surface area contributed by atoms with Crippen LogP contribution in [0.4, 0.5) is 11.8 Å². The maximum absolute atomic E-state index is 12.3. The molecule has 1 amide bonds. The molecule has 0 spiro atoms. The molecule has 0 radical (unpaired) electrons. The molecule has 8 nitrogen and oxygen atoms in total. The number of likely N-dealkylation sites (N-methyl/N-ethyl adjacent to an activating group) is 1. The van der Waals surface area contributed by atoms with Gasteiger partial charge in [-0.3, -0.25) is 4.79 Å². The van der Waals surface area contributed by atoms with E-state index in [4.69, 9.17) is 27.9 Å². The second kappa shape index (κ2) is 9.21. The molecule has 10 heteroatoms. The largest absolute Gasteiger partial charge is 0.482 e. The van der Waals surface area contributed by atoms with E-state index in [1.807, 2.05) is 13.0 Å². The first kappa shape index (κ1) is 21.5. The van der Waals surface area contributed by atoms with E-state index in [-0.39, 0.29) is 12.5 Å². The van der Waals surface area contributed by atoms with Crippen LogP contribution in [0.5, 0.6) is 5.75 Å². The minimum absolute atomic E-state index is 0.209. The van der Waals surface area contributed by atoms with E-state index in [1.165, 1.54) is 0 Å². The number of halogens is 2. The number of aryl methyl sites for hydroxylation is 1. The van der Waals surface area contributed by atoms with E-state index < -0.39 is 0 Å². The number of fused-ring (bicyclic) bond motifs is 1. The van der Waals surface area contributed by atoms with E-state index in [1.54, 1.807) is 24.3 Å². The lowest BCUT2D eigenvalue weighted by Gasteiger charge is -2.32. The van der Waals surface area contributed by atoms with Crippen molar-refractivity contribution in [3.05, 3.63) is 46.1 Å². The van der Waals surface area contributed by atoms with Gasteiger partial charge >= 0.3 is 0 Å². The number of nitrogens with one attached hydrogen (secondary N) is 1. The summed E-state index contributed by atoms with van der Waals surface area (Å²) in [5.41, 5.74) is 2.15. The average Bonchev–Trinajstić information content (AvgIpc) is 2.74. The molecule has 4 rings (SSSR count). The maximum atomic E-state index is 12.3. The second-order valence-corrected chi connectivity index (χ2v) is 8.22. The first-order chi connectivity index (χ1) is 14.9. The highest BCUT2D eigenvalue weighted by molar-refractivity contribution is 6.35. The lowest BCUT2D eigenvalue weighted by atomic mass is 10.3. The van der Waals surface area contributed by atoms with Crippen LogP contribution >= 0.6 is 23.2 Å². The van der Waals surface area contributed by atoms with Gasteiger partial charge in [0.25, 0.3) is 5.91 Å². The Morgan fingerprint density at radius 2 is 1.87 bits per heavy atom. The van der Waals surface area contributed by atoms with E-state index in [0.717, 1.165) is 37.4 Å². The number of carbonyl (C=O) groups excluding carboxylic acids is 1. The molecule has 3 heterocycles. The first-order valence-electron chi connectivity index (χ1n) is 9.85. The Hall–Kier alpha value is -2.68. The number of aromatic nitrogens is 3. The molecule has 0 aliphatic carbocycles. The molecule has 0 bridgehead atoms. The fourth-order valence-corrected chi connectivity index (χ4v) is 3.74. The SMILES string of the molecule is Cc1nc(N2CCN(C)CC2)nc2ccc(NC(=O)COc3ccc(Cl)cc3Cl)nc12. The minimum Gasteiger partial charge on any atom is -0.482 e. The number of anilines is 2. The zero-order valence-corrected chi connectivity index (χ0v) is 18.7. The maximum Gasteiger partial charge on any atom is 0.263 e. The van der Waals surface area contributed by atoms with E-state index in [2.05, 4.69) is 37.1 Å². The minimum atomic E-state index is -0.356. The zero-order valence-electron chi connectivity index (χ0n) is 17.2. The number of carbonyl (C=O) groups is 1. The van der Waals surface area contributed by atoms with Crippen molar-refractivity contribution in [2.75, 3.05) is 50.1 Å². The third-order valence-electron chi connectivity index (χ3n) is 5.01. The van der Waals surface area contributed by atoms with Crippen molar-refractivity contribution in [3.63, 3.8) is 0 Å². The number of nitrogens with zero attached hydrogens (tertiary/aromatic N) is 5. The van der Waals surface area contributed by atoms with Gasteiger partial charge in [0, 0.05) is 31.2 Å². The molecular formula is C21H22Cl2N6O2. The summed E-state index contributed by atoms with van der Waals surface area (Å²) in [6.07, 6.45) is 0. The van der Waals surface area contributed by atoms with Crippen LogP contribution in [0.15, 0.2) is 30.3 Å². The molecule has 1 fully saturated rings. The third-order valence-corrected chi connectivity index (χ3v) is 5.54. The Labute approximate surface area is 190 Å². The van der Waals surface area contributed by atoms with Crippen LogP contribution in [0.2, 0.25) is 10.0 Å². The number of piperazine rings is 1. The highest BCUT2D eigenvalue weighted by atomic mass is 35.5. The van der Waals surface area contributed by atoms with E-state index in [0.29, 0.717) is 33.1 Å². The molecular weight excluding hydrogens is 439 g/mol. The van der Waals surface area contributed by atoms with Crippen molar-refractivity contribution in [1.82, 2.24) is 19.9 Å². The lowest BCUT2D eigenvalue weighted by molar-refractivity contribution is -0.118. The molecule has 162 valence electrons. The molecule has 1 aliphatic heterocycles.